The van der Waals surface area contributed by atoms with E-state index in [1.54, 1.807) is 11.1 Å². The number of hydrogen-bond acceptors (Lipinski definition) is 1. The van der Waals surface area contributed by atoms with E-state index in [-0.39, 0.29) is 10.8 Å². The van der Waals surface area contributed by atoms with Gasteiger partial charge in [-0.1, -0.05) is 101 Å². The first-order valence-corrected chi connectivity index (χ1v) is 15.3. The zero-order valence-corrected chi connectivity index (χ0v) is 23.6. The molecular formula is C38H39N. The Balaban J connectivity index is 1.23. The lowest BCUT2D eigenvalue weighted by Gasteiger charge is -2.54. The molecular weight excluding hydrogens is 470 g/mol. The van der Waals surface area contributed by atoms with Crippen molar-refractivity contribution in [1.29, 1.82) is 0 Å². The zero-order chi connectivity index (χ0) is 26.4. The lowest BCUT2D eigenvalue weighted by Crippen LogP contribution is -2.48. The van der Waals surface area contributed by atoms with Gasteiger partial charge in [0, 0.05) is 22.2 Å². The highest BCUT2D eigenvalue weighted by atomic mass is 14.9. The summed E-state index contributed by atoms with van der Waals surface area (Å²) in [7, 11) is 0. The van der Waals surface area contributed by atoms with Gasteiger partial charge < -0.3 is 5.32 Å². The minimum absolute atomic E-state index is 0.0151. The molecule has 8 rings (SSSR count). The lowest BCUT2D eigenvalue weighted by molar-refractivity contribution is 0.0557. The van der Waals surface area contributed by atoms with Gasteiger partial charge in [0.15, 0.2) is 0 Å². The second kappa shape index (κ2) is 8.34. The summed E-state index contributed by atoms with van der Waals surface area (Å²) in [5.41, 5.74) is 14.4. The first-order chi connectivity index (χ1) is 19.0. The standard InChI is InChI=1S/C38H39N/c1-4-25-20-24-10-9-11-26(21-24)38(25)34-15-8-6-13-30(34)32-19-17-28(23-36(32)38)39-27-16-18-31-29-12-5-7-14-33(29)37(2,3)35(31)22-27/h5-8,12-19,22-26,39H,4,9-11,20-21H2,1-3H3. The molecule has 4 atom stereocenters. The summed E-state index contributed by atoms with van der Waals surface area (Å²) >= 11 is 0. The summed E-state index contributed by atoms with van der Waals surface area (Å²) in [6, 6.07) is 32.6. The Morgan fingerprint density at radius 2 is 1.28 bits per heavy atom. The molecule has 0 heterocycles. The van der Waals surface area contributed by atoms with Crippen LogP contribution >= 0.6 is 0 Å². The molecule has 2 bridgehead atoms. The van der Waals surface area contributed by atoms with Crippen LogP contribution in [0.15, 0.2) is 84.9 Å². The normalized spacial score (nSPS) is 27.0. The van der Waals surface area contributed by atoms with Gasteiger partial charge in [-0.3, -0.25) is 0 Å². The van der Waals surface area contributed by atoms with Gasteiger partial charge in [-0.05, 0) is 106 Å². The molecule has 2 saturated carbocycles. The molecule has 4 aliphatic rings. The fraction of sp³-hybridized carbons (Fsp3) is 0.368. The molecule has 1 nitrogen and oxygen atoms in total. The Morgan fingerprint density at radius 3 is 2.03 bits per heavy atom. The van der Waals surface area contributed by atoms with Crippen LogP contribution in [0.1, 0.15) is 81.5 Å². The fourth-order valence-electron chi connectivity index (χ4n) is 9.58. The van der Waals surface area contributed by atoms with Gasteiger partial charge >= 0.3 is 0 Å². The quantitative estimate of drug-likeness (QED) is 0.290. The van der Waals surface area contributed by atoms with E-state index in [0.717, 1.165) is 17.8 Å². The molecule has 4 aromatic rings. The molecule has 4 unspecified atom stereocenters. The smallest absolute Gasteiger partial charge is 0.0387 e. The molecule has 0 saturated heterocycles. The summed E-state index contributed by atoms with van der Waals surface area (Å²) in [5.74, 6) is 2.40. The van der Waals surface area contributed by atoms with E-state index in [1.807, 2.05) is 0 Å². The summed E-state index contributed by atoms with van der Waals surface area (Å²) in [5, 5.41) is 3.87. The Labute approximate surface area is 233 Å². The minimum Gasteiger partial charge on any atom is -0.356 e. The van der Waals surface area contributed by atoms with Crippen LogP contribution in [-0.2, 0) is 10.8 Å². The average molecular weight is 510 g/mol. The van der Waals surface area contributed by atoms with E-state index >= 15 is 0 Å². The summed E-state index contributed by atoms with van der Waals surface area (Å²) in [6.45, 7) is 7.17. The maximum absolute atomic E-state index is 3.87. The Bertz CT molecular complexity index is 1610. The summed E-state index contributed by atoms with van der Waals surface area (Å²) < 4.78 is 0. The van der Waals surface area contributed by atoms with E-state index in [9.17, 15) is 0 Å². The van der Waals surface area contributed by atoms with Gasteiger partial charge in [0.25, 0.3) is 0 Å². The summed E-state index contributed by atoms with van der Waals surface area (Å²) in [6.07, 6.45) is 8.27. The van der Waals surface area contributed by atoms with Crippen molar-refractivity contribution in [2.24, 2.45) is 17.8 Å². The van der Waals surface area contributed by atoms with E-state index in [4.69, 9.17) is 0 Å². The van der Waals surface area contributed by atoms with E-state index in [0.29, 0.717) is 0 Å². The molecule has 196 valence electrons. The maximum atomic E-state index is 3.87. The third-order valence-electron chi connectivity index (χ3n) is 11.2. The van der Waals surface area contributed by atoms with Crippen molar-refractivity contribution in [2.45, 2.75) is 70.1 Å². The predicted octanol–water partition coefficient (Wildman–Crippen LogP) is 10.2. The van der Waals surface area contributed by atoms with E-state index in [1.165, 1.54) is 83.3 Å². The van der Waals surface area contributed by atoms with Gasteiger partial charge in [-0.25, -0.2) is 0 Å². The SMILES string of the molecule is CCC1CC2CCCC(C2)C12c1ccccc1-c1ccc(Nc3ccc4c(c3)C(C)(C)c3ccccc3-4)cc12. The lowest BCUT2D eigenvalue weighted by atomic mass is 9.50. The van der Waals surface area contributed by atoms with Crippen LogP contribution in [0, 0.1) is 17.8 Å². The van der Waals surface area contributed by atoms with Crippen LogP contribution in [0.3, 0.4) is 0 Å². The third kappa shape index (κ3) is 3.14. The number of hydrogen-bond donors (Lipinski definition) is 1. The van der Waals surface area contributed by atoms with Gasteiger partial charge in [-0.15, -0.1) is 0 Å². The van der Waals surface area contributed by atoms with Gasteiger partial charge in [-0.2, -0.15) is 0 Å². The van der Waals surface area contributed by atoms with Crippen LogP contribution in [0.25, 0.3) is 22.3 Å². The molecule has 2 fully saturated rings. The molecule has 0 radical (unpaired) electrons. The Kier molecular flexibility index (Phi) is 5.04. The number of rotatable bonds is 3. The average Bonchev–Trinajstić information content (AvgIpc) is 3.38. The van der Waals surface area contributed by atoms with Crippen LogP contribution in [0.5, 0.6) is 0 Å². The van der Waals surface area contributed by atoms with Gasteiger partial charge in [0.1, 0.15) is 0 Å². The van der Waals surface area contributed by atoms with Crippen molar-refractivity contribution in [3.8, 4) is 22.3 Å². The molecule has 1 N–H and O–H groups in total. The zero-order valence-electron chi connectivity index (χ0n) is 23.6. The van der Waals surface area contributed by atoms with Crippen LogP contribution in [-0.4, -0.2) is 0 Å². The van der Waals surface area contributed by atoms with Crippen molar-refractivity contribution in [3.05, 3.63) is 107 Å². The highest BCUT2D eigenvalue weighted by molar-refractivity contribution is 5.85. The Hall–Kier alpha value is -3.32. The van der Waals surface area contributed by atoms with E-state index < -0.39 is 0 Å². The third-order valence-corrected chi connectivity index (χ3v) is 11.2. The largest absolute Gasteiger partial charge is 0.356 e. The van der Waals surface area contributed by atoms with Gasteiger partial charge in [0.2, 0.25) is 0 Å². The van der Waals surface area contributed by atoms with Crippen molar-refractivity contribution in [2.75, 3.05) is 5.32 Å². The van der Waals surface area contributed by atoms with Gasteiger partial charge in [0.05, 0.1) is 0 Å². The fourth-order valence-corrected chi connectivity index (χ4v) is 9.58. The Morgan fingerprint density at radius 1 is 0.667 bits per heavy atom. The molecule has 1 heteroatoms. The number of nitrogens with one attached hydrogen (secondary N) is 1. The first kappa shape index (κ1) is 23.6. The second-order valence-corrected chi connectivity index (χ2v) is 13.3. The van der Waals surface area contributed by atoms with Crippen LogP contribution in [0.4, 0.5) is 11.4 Å². The predicted molar refractivity (Wildman–Crippen MR) is 164 cm³/mol. The monoisotopic (exact) mass is 509 g/mol. The van der Waals surface area contributed by atoms with Crippen LogP contribution < -0.4 is 5.32 Å². The second-order valence-electron chi connectivity index (χ2n) is 13.3. The minimum atomic E-state index is 0.0151. The number of benzene rings is 4. The number of fused-ring (bicyclic) bond motifs is 11. The van der Waals surface area contributed by atoms with Crippen molar-refractivity contribution < 1.29 is 0 Å². The van der Waals surface area contributed by atoms with Crippen LogP contribution in [0.2, 0.25) is 0 Å². The molecule has 0 amide bonds. The number of anilines is 2. The van der Waals surface area contributed by atoms with Crippen molar-refractivity contribution >= 4 is 11.4 Å². The molecule has 0 aliphatic heterocycles. The van der Waals surface area contributed by atoms with Crippen molar-refractivity contribution in [3.63, 3.8) is 0 Å². The molecule has 0 aromatic heterocycles. The molecule has 4 aliphatic carbocycles. The van der Waals surface area contributed by atoms with E-state index in [2.05, 4.69) is 111 Å². The highest BCUT2D eigenvalue weighted by Crippen LogP contribution is 2.65. The molecule has 4 aromatic carbocycles. The molecule has 39 heavy (non-hydrogen) atoms. The topological polar surface area (TPSA) is 12.0 Å². The summed E-state index contributed by atoms with van der Waals surface area (Å²) in [4.78, 5) is 0. The highest BCUT2D eigenvalue weighted by Gasteiger charge is 2.56. The molecule has 1 spiro atoms. The van der Waals surface area contributed by atoms with Crippen molar-refractivity contribution in [1.82, 2.24) is 0 Å². The first-order valence-electron chi connectivity index (χ1n) is 15.3. The maximum Gasteiger partial charge on any atom is 0.0387 e.